The molecule has 0 saturated carbocycles. The molecule has 0 aromatic heterocycles. The van der Waals surface area contributed by atoms with Crippen molar-refractivity contribution in [3.8, 4) is 0 Å². The maximum absolute atomic E-state index is 12.4. The van der Waals surface area contributed by atoms with Crippen LogP contribution >= 0.6 is 43.5 Å². The normalized spacial score (nSPS) is 39.4. The third-order valence-electron chi connectivity index (χ3n) is 1.03. The Kier molecular flexibility index (Phi) is 1.70. The van der Waals surface area contributed by atoms with Crippen LogP contribution in [0.15, 0.2) is 10.6 Å². The number of halogens is 5. The first-order valence-electron chi connectivity index (χ1n) is 2.02. The van der Waals surface area contributed by atoms with Crippen molar-refractivity contribution in [1.82, 2.24) is 0 Å². The van der Waals surface area contributed by atoms with Gasteiger partial charge in [0.2, 0.25) is 0 Å². The summed E-state index contributed by atoms with van der Waals surface area (Å²) in [5, 5.41) is 0. The quantitative estimate of drug-likeness (QED) is 0.598. The Hall–Kier alpha value is 0.850. The topological polar surface area (TPSA) is 0 Å². The Morgan fingerprint density at radius 3 is 2.00 bits per heavy atom. The van der Waals surface area contributed by atoms with E-state index in [1.165, 1.54) is 6.08 Å². The molecule has 0 aromatic carbocycles. The molecule has 0 saturated heterocycles. The molecule has 0 spiro atoms. The van der Waals surface area contributed by atoms with Crippen molar-refractivity contribution in [1.29, 1.82) is 0 Å². The average molecular weight is 282 g/mol. The van der Waals surface area contributed by atoms with Gasteiger partial charge >= 0.3 is 5.92 Å². The van der Waals surface area contributed by atoms with Gasteiger partial charge in [0.15, 0.2) is 3.78 Å². The van der Waals surface area contributed by atoms with Crippen LogP contribution in [0.3, 0.4) is 0 Å². The van der Waals surface area contributed by atoms with E-state index in [0.717, 1.165) is 0 Å². The van der Waals surface area contributed by atoms with Crippen molar-refractivity contribution in [2.75, 3.05) is 0 Å². The molecule has 0 radical (unpaired) electrons. The molecule has 0 fully saturated rings. The Bertz CT molecular complexity index is 175. The minimum Gasteiger partial charge on any atom is -0.197 e. The molecule has 52 valence electrons. The molecule has 1 unspecified atom stereocenters. The second kappa shape index (κ2) is 1.92. The summed E-state index contributed by atoms with van der Waals surface area (Å²) in [5.74, 6) is -2.96. The van der Waals surface area contributed by atoms with E-state index in [1.54, 1.807) is 0 Å². The van der Waals surface area contributed by atoms with Crippen LogP contribution in [0.1, 0.15) is 0 Å². The summed E-state index contributed by atoms with van der Waals surface area (Å²) in [5.41, 5.74) is 0. The number of alkyl halides is 4. The largest absolute Gasteiger partial charge is 0.311 e. The summed E-state index contributed by atoms with van der Waals surface area (Å²) in [6.45, 7) is 0. The van der Waals surface area contributed by atoms with Crippen LogP contribution in [-0.4, -0.2) is 9.71 Å². The molecule has 1 aliphatic rings. The van der Waals surface area contributed by atoms with Gasteiger partial charge in [0.05, 0.1) is 4.48 Å². The zero-order valence-electron chi connectivity index (χ0n) is 3.97. The van der Waals surface area contributed by atoms with Gasteiger partial charge in [-0.25, -0.2) is 0 Å². The standard InChI is InChI=1S/C4HBr2ClF2/c5-2-1-3(6,7)4(2,8)9/h1H. The Labute approximate surface area is 72.5 Å². The zero-order chi connectivity index (χ0) is 7.28. The van der Waals surface area contributed by atoms with Gasteiger partial charge in [-0.05, 0) is 22.0 Å². The summed E-state index contributed by atoms with van der Waals surface area (Å²) in [6, 6.07) is 0. The molecular weight excluding hydrogens is 281 g/mol. The van der Waals surface area contributed by atoms with E-state index in [-0.39, 0.29) is 4.48 Å². The second-order valence-corrected chi connectivity index (χ2v) is 4.85. The number of hydrogen-bond acceptors (Lipinski definition) is 0. The fourth-order valence-electron chi connectivity index (χ4n) is 0.422. The van der Waals surface area contributed by atoms with Crippen LogP contribution in [0.2, 0.25) is 0 Å². The highest BCUT2D eigenvalue weighted by Crippen LogP contribution is 2.56. The lowest BCUT2D eigenvalue weighted by atomic mass is 10.1. The van der Waals surface area contributed by atoms with Gasteiger partial charge in [0.25, 0.3) is 0 Å². The SMILES string of the molecule is FC1(F)C(Br)=CC1(Cl)Br. The van der Waals surface area contributed by atoms with Crippen molar-refractivity contribution in [3.05, 3.63) is 10.6 Å². The van der Waals surface area contributed by atoms with E-state index in [9.17, 15) is 8.78 Å². The molecule has 0 N–H and O–H groups in total. The number of hydrogen-bond donors (Lipinski definition) is 0. The first kappa shape index (κ1) is 7.95. The summed E-state index contributed by atoms with van der Waals surface area (Å²) < 4.78 is 23.0. The molecule has 0 nitrogen and oxygen atoms in total. The smallest absolute Gasteiger partial charge is 0.197 e. The van der Waals surface area contributed by atoms with Gasteiger partial charge in [-0.2, -0.15) is 8.78 Å². The Morgan fingerprint density at radius 2 is 2.00 bits per heavy atom. The highest BCUT2D eigenvalue weighted by atomic mass is 79.9. The number of rotatable bonds is 0. The first-order chi connectivity index (χ1) is 3.88. The van der Waals surface area contributed by atoms with E-state index in [4.69, 9.17) is 11.6 Å². The van der Waals surface area contributed by atoms with E-state index >= 15 is 0 Å². The van der Waals surface area contributed by atoms with E-state index < -0.39 is 9.71 Å². The molecule has 0 heterocycles. The van der Waals surface area contributed by atoms with Crippen molar-refractivity contribution in [2.45, 2.75) is 9.71 Å². The van der Waals surface area contributed by atoms with Crippen molar-refractivity contribution < 1.29 is 8.78 Å². The minimum atomic E-state index is -2.96. The molecular formula is C4HBr2ClF2. The Balaban J connectivity index is 2.94. The third-order valence-corrected chi connectivity index (χ3v) is 2.83. The molecule has 9 heavy (non-hydrogen) atoms. The molecule has 1 aliphatic carbocycles. The van der Waals surface area contributed by atoms with Gasteiger partial charge in [0, 0.05) is 0 Å². The monoisotopic (exact) mass is 280 g/mol. The minimum absolute atomic E-state index is 0.165. The average Bonchev–Trinajstić information content (AvgIpc) is 1.65. The summed E-state index contributed by atoms with van der Waals surface area (Å²) in [4.78, 5) is 0. The molecule has 1 atom stereocenters. The van der Waals surface area contributed by atoms with Crippen LogP contribution in [0.25, 0.3) is 0 Å². The maximum atomic E-state index is 12.4. The van der Waals surface area contributed by atoms with Crippen molar-refractivity contribution >= 4 is 43.5 Å². The zero-order valence-corrected chi connectivity index (χ0v) is 7.90. The highest BCUT2D eigenvalue weighted by Gasteiger charge is 2.59. The molecule has 0 aromatic rings. The van der Waals surface area contributed by atoms with Crippen LogP contribution in [0.4, 0.5) is 8.78 Å². The third kappa shape index (κ3) is 0.955. The maximum Gasteiger partial charge on any atom is 0.311 e. The van der Waals surface area contributed by atoms with Gasteiger partial charge in [-0.15, -0.1) is 0 Å². The lowest BCUT2D eigenvalue weighted by Gasteiger charge is -2.35. The van der Waals surface area contributed by atoms with Crippen molar-refractivity contribution in [3.63, 3.8) is 0 Å². The summed E-state index contributed by atoms with van der Waals surface area (Å²) >= 11 is 10.5. The lowest BCUT2D eigenvalue weighted by molar-refractivity contribution is 0.0321. The highest BCUT2D eigenvalue weighted by molar-refractivity contribution is 9.12. The van der Waals surface area contributed by atoms with Gasteiger partial charge in [0.1, 0.15) is 0 Å². The molecule has 1 rings (SSSR count). The summed E-state index contributed by atoms with van der Waals surface area (Å²) in [6.07, 6.45) is 1.20. The van der Waals surface area contributed by atoms with Gasteiger partial charge in [-0.3, -0.25) is 0 Å². The first-order valence-corrected chi connectivity index (χ1v) is 3.99. The molecule has 0 aliphatic heterocycles. The molecule has 0 bridgehead atoms. The van der Waals surface area contributed by atoms with Crippen LogP contribution in [-0.2, 0) is 0 Å². The van der Waals surface area contributed by atoms with Crippen LogP contribution < -0.4 is 0 Å². The predicted molar refractivity (Wildman–Crippen MR) is 39.5 cm³/mol. The second-order valence-electron chi connectivity index (χ2n) is 1.69. The molecule has 0 amide bonds. The van der Waals surface area contributed by atoms with E-state index in [2.05, 4.69) is 31.9 Å². The fourth-order valence-corrected chi connectivity index (χ4v) is 2.55. The van der Waals surface area contributed by atoms with E-state index in [0.29, 0.717) is 0 Å². The van der Waals surface area contributed by atoms with Gasteiger partial charge in [-0.1, -0.05) is 27.5 Å². The van der Waals surface area contributed by atoms with Crippen molar-refractivity contribution in [2.24, 2.45) is 0 Å². The van der Waals surface area contributed by atoms with Crippen LogP contribution in [0.5, 0.6) is 0 Å². The van der Waals surface area contributed by atoms with Crippen LogP contribution in [0, 0.1) is 0 Å². The van der Waals surface area contributed by atoms with Gasteiger partial charge < -0.3 is 0 Å². The molecule has 5 heteroatoms. The predicted octanol–water partition coefficient (Wildman–Crippen LogP) is 3.24. The van der Waals surface area contributed by atoms with E-state index in [1.807, 2.05) is 0 Å². The lowest BCUT2D eigenvalue weighted by Crippen LogP contribution is -2.44. The summed E-state index contributed by atoms with van der Waals surface area (Å²) in [7, 11) is 0. The fraction of sp³-hybridized carbons (Fsp3) is 0.500. The Morgan fingerprint density at radius 1 is 1.56 bits per heavy atom. The number of allylic oxidation sites excluding steroid dienone is 2.